The average molecular weight is 2080 g/mol. The number of nitrogens with zero attached hydrogens (tertiary/aromatic N) is 4. The smallest absolute Gasteiger partial charge is 0.495 e. The van der Waals surface area contributed by atoms with Gasteiger partial charge in [0.15, 0.2) is 34.3 Å². The number of thiophene rings is 8. The molecule has 0 amide bonds. The zero-order chi connectivity index (χ0) is 101. The van der Waals surface area contributed by atoms with E-state index in [4.69, 9.17) is 32.1 Å². The normalized spacial score (nSPS) is 14.2. The number of hydrogen-bond acceptors (Lipinski definition) is 16. The number of benzene rings is 6. The van der Waals surface area contributed by atoms with Crippen molar-refractivity contribution in [1.29, 1.82) is 10.5 Å². The molecule has 0 saturated carbocycles. The molecule has 0 bridgehead atoms. The standard InChI is InChI=1S/C128H136N4O6S8/c1-9-13-17-21-25-29-33-37-41-45-53-85-61-69-90(70-62-85)127(91-71-63-86(64-72-91)54-46-42-38-34-30-26-22-18-14-10-2)110-118-106(81-104(141-118)116-102(135-7)79-94(139-116)77-100-108(89(83-129)84-130)96-57-49-51-59-98(96)112(100)133)143-120(110)122-114(137-127)124-125(145-122)115-123(146-124)121-111(119-107(144-121)82-105(142-119)117-103(136-8)80-95(140-117)78-101-109(126(131-5)132-6)97-58-50-52-60-99(97)113(101)134)128(138-115,92-73-65-87(66-74-92)55-47-43-39-35-31-27-23-19-15-11-3)93-75-67-88(68-76-93)56-48-44-40-36-32-28-24-20-16-12-4/h49-52,57-82H,9-48,53-56H2,1-4,7-8H3/b100-77-,101-78-. The van der Waals surface area contributed by atoms with Crippen LogP contribution in [0.2, 0.25) is 0 Å². The van der Waals surface area contributed by atoms with Gasteiger partial charge in [-0.05, 0) is 121 Å². The van der Waals surface area contributed by atoms with Gasteiger partial charge in [0, 0.05) is 80.4 Å². The Balaban J connectivity index is 0.797. The van der Waals surface area contributed by atoms with Crippen LogP contribution in [0, 0.1) is 35.8 Å². The Morgan fingerprint density at radius 1 is 0.336 bits per heavy atom. The highest BCUT2D eigenvalue weighted by molar-refractivity contribution is 7.38. The Kier molecular flexibility index (Phi) is 36.3. The average Bonchev–Trinajstić information content (AvgIpc) is 1.50. The van der Waals surface area contributed by atoms with Crippen LogP contribution in [-0.4, -0.2) is 25.8 Å². The summed E-state index contributed by atoms with van der Waals surface area (Å²) in [6.45, 7) is 25.4. The lowest BCUT2D eigenvalue weighted by molar-refractivity contribution is 0.103. The van der Waals surface area contributed by atoms with Crippen molar-refractivity contribution in [2.24, 2.45) is 0 Å². The van der Waals surface area contributed by atoms with E-state index in [-0.39, 0.29) is 23.0 Å². The molecule has 0 radical (unpaired) electrons. The van der Waals surface area contributed by atoms with Crippen LogP contribution in [0.3, 0.4) is 0 Å². The van der Waals surface area contributed by atoms with Crippen molar-refractivity contribution in [2.75, 3.05) is 14.2 Å². The van der Waals surface area contributed by atoms with Crippen molar-refractivity contribution in [1.82, 2.24) is 0 Å². The lowest BCUT2D eigenvalue weighted by Gasteiger charge is -2.39. The van der Waals surface area contributed by atoms with E-state index >= 15 is 0 Å². The Morgan fingerprint density at radius 2 is 0.623 bits per heavy atom. The number of ether oxygens (including phenoxy) is 4. The summed E-state index contributed by atoms with van der Waals surface area (Å²) in [5, 5.41) is 20.8. The third kappa shape index (κ3) is 22.5. The molecule has 0 spiro atoms. The predicted octanol–water partition coefficient (Wildman–Crippen LogP) is 40.4. The van der Waals surface area contributed by atoms with E-state index in [2.05, 4.69) is 159 Å². The van der Waals surface area contributed by atoms with Gasteiger partial charge in [0.2, 0.25) is 0 Å². The number of aryl methyl sites for hydroxylation is 4. The molecule has 18 rings (SSSR count). The first-order valence-electron chi connectivity index (χ1n) is 54.5. The van der Waals surface area contributed by atoms with E-state index in [1.807, 2.05) is 83.4 Å². The molecule has 10 nitrogen and oxygen atoms in total. The van der Waals surface area contributed by atoms with Gasteiger partial charge in [-0.3, -0.25) is 9.59 Å². The molecule has 2 aliphatic carbocycles. The fourth-order valence-corrected chi connectivity index (χ4v) is 33.0. The Bertz CT molecular complexity index is 6660. The van der Waals surface area contributed by atoms with Crippen molar-refractivity contribution in [3.8, 4) is 74.2 Å². The summed E-state index contributed by atoms with van der Waals surface area (Å²) in [6, 6.07) is 65.6. The monoisotopic (exact) mass is 2080 g/mol. The first-order chi connectivity index (χ1) is 71.8. The minimum atomic E-state index is -1.20. The van der Waals surface area contributed by atoms with Crippen LogP contribution >= 0.6 is 90.7 Å². The molecule has 0 unspecified atom stereocenters. The van der Waals surface area contributed by atoms with Gasteiger partial charge in [0.25, 0.3) is 0 Å². The minimum absolute atomic E-state index is 0.104. The second-order valence-corrected chi connectivity index (χ2v) is 48.8. The van der Waals surface area contributed by atoms with Gasteiger partial charge in [-0.2, -0.15) is 20.2 Å². The van der Waals surface area contributed by atoms with Gasteiger partial charge in [-0.15, -0.1) is 90.7 Å². The Labute approximate surface area is 897 Å². The lowest BCUT2D eigenvalue weighted by atomic mass is 9.78. The number of rotatable bonds is 54. The van der Waals surface area contributed by atoms with Crippen LogP contribution in [0.1, 0.15) is 382 Å². The third-order valence-electron chi connectivity index (χ3n) is 30.2. The number of ketones is 2. The van der Waals surface area contributed by atoms with Crippen LogP contribution < -0.4 is 18.9 Å². The molecule has 2 aliphatic heterocycles. The SMILES string of the molecule is [C-]#[N+]C([N+]#[C-])=C1/C(=C/c2cc(OC)c(-c3cc4sc5c(c4s3)C(c3ccc(CCCCCCCCCCCC)cc3)(c3ccc(CCCCCCCCCCCC)cc3)Oc3c-5sc4c5c(sc34)-c3sc4cc(-c6sc(/C=C7\C(=O)c8ccccc8C7=C(C#N)C#N)cc6OC)sc4c3C(c3ccc(CCCCCCCCCCCC)cc3)(c3ccc(CCCCCCCCCCCC)cc3)O5)s2)C(=O)c2ccccc21. The topological polar surface area (TPSA) is 127 Å². The van der Waals surface area contributed by atoms with E-state index in [0.29, 0.717) is 56.0 Å². The largest absolute Gasteiger partial charge is 0.528 e. The molecule has 0 atom stereocenters. The number of allylic oxidation sites excluding steroid dienone is 5. The molecule has 0 saturated heterocycles. The molecular weight excluding hydrogens is 1950 g/mol. The van der Waals surface area contributed by atoms with Crippen LogP contribution in [-0.2, 0) is 36.9 Å². The molecule has 18 heteroatoms. The highest BCUT2D eigenvalue weighted by Crippen LogP contribution is 2.70. The summed E-state index contributed by atoms with van der Waals surface area (Å²) in [5.41, 5.74) is 12.7. The highest BCUT2D eigenvalue weighted by Gasteiger charge is 2.53. The van der Waals surface area contributed by atoms with Crippen molar-refractivity contribution >= 4 is 154 Å². The fraction of sp³-hybridized carbons (Fsp3) is 0.406. The van der Waals surface area contributed by atoms with Crippen molar-refractivity contribution in [3.05, 3.63) is 303 Å². The zero-order valence-corrected chi connectivity index (χ0v) is 92.5. The molecule has 752 valence electrons. The number of methoxy groups -OCH3 is 2. The van der Waals surface area contributed by atoms with Gasteiger partial charge in [0.1, 0.15) is 42.4 Å². The van der Waals surface area contributed by atoms with Crippen LogP contribution in [0.15, 0.2) is 192 Å². The maximum absolute atomic E-state index is 14.6. The summed E-state index contributed by atoms with van der Waals surface area (Å²) in [5.74, 6) is 2.46. The van der Waals surface area contributed by atoms with Crippen molar-refractivity contribution in [2.45, 2.75) is 321 Å². The predicted molar refractivity (Wildman–Crippen MR) is 622 cm³/mol. The van der Waals surface area contributed by atoms with Gasteiger partial charge >= 0.3 is 5.82 Å². The summed E-state index contributed by atoms with van der Waals surface area (Å²) in [7, 11) is 3.41. The first kappa shape index (κ1) is 105. The van der Waals surface area contributed by atoms with E-state index in [9.17, 15) is 20.1 Å². The second-order valence-electron chi connectivity index (χ2n) is 40.3. The molecule has 0 N–H and O–H groups in total. The number of unbranched alkanes of at least 4 members (excludes halogenated alkanes) is 36. The van der Waals surface area contributed by atoms with Gasteiger partial charge < -0.3 is 18.9 Å². The second kappa shape index (κ2) is 50.4. The maximum Gasteiger partial charge on any atom is 0.528 e. The fourth-order valence-electron chi connectivity index (χ4n) is 22.3. The first-order valence-corrected chi connectivity index (χ1v) is 61.0. The number of Topliss-reactive ketones (excluding diaryl/α,β-unsaturated/α-hetero) is 2. The third-order valence-corrected chi connectivity index (χ3v) is 40.3. The molecule has 0 fully saturated rings. The van der Waals surface area contributed by atoms with E-state index in [0.717, 1.165) is 168 Å². The Hall–Kier alpha value is -10.8. The summed E-state index contributed by atoms with van der Waals surface area (Å²) < 4.78 is 36.7. The summed E-state index contributed by atoms with van der Waals surface area (Å²) >= 11 is 13.9. The minimum Gasteiger partial charge on any atom is -0.495 e. The zero-order valence-electron chi connectivity index (χ0n) is 85.9. The van der Waals surface area contributed by atoms with Crippen LogP contribution in [0.4, 0.5) is 0 Å². The van der Waals surface area contributed by atoms with E-state index in [1.165, 1.54) is 258 Å². The highest BCUT2D eigenvalue weighted by atomic mass is 32.1. The van der Waals surface area contributed by atoms with Gasteiger partial charge in [-0.1, -0.05) is 404 Å². The number of nitriles is 2. The molecule has 8 aromatic heterocycles. The number of carbonyl (C=O) groups is 2. The number of hydrogen-bond donors (Lipinski definition) is 0. The Morgan fingerprint density at radius 3 is 0.918 bits per heavy atom. The van der Waals surface area contributed by atoms with E-state index < -0.39 is 11.2 Å². The van der Waals surface area contributed by atoms with Crippen LogP contribution in [0.5, 0.6) is 23.0 Å². The lowest BCUT2D eigenvalue weighted by Crippen LogP contribution is -2.38. The van der Waals surface area contributed by atoms with E-state index in [1.54, 1.807) is 94.4 Å². The van der Waals surface area contributed by atoms with Crippen LogP contribution in [0.25, 0.3) is 100 Å². The maximum atomic E-state index is 14.6. The molecule has 146 heavy (non-hydrogen) atoms. The summed E-state index contributed by atoms with van der Waals surface area (Å²) in [4.78, 5) is 46.3. The van der Waals surface area contributed by atoms with Crippen molar-refractivity contribution < 1.29 is 28.5 Å². The van der Waals surface area contributed by atoms with Gasteiger partial charge in [-0.25, -0.2) is 0 Å². The number of carbonyl (C=O) groups excluding carboxylic acids is 2. The molecule has 4 aliphatic rings. The van der Waals surface area contributed by atoms with Gasteiger partial charge in [0.05, 0.1) is 77.6 Å². The summed E-state index contributed by atoms with van der Waals surface area (Å²) in [6.07, 6.45) is 58.8. The quantitative estimate of drug-likeness (QED) is 0.0160. The van der Waals surface area contributed by atoms with Crippen molar-refractivity contribution in [3.63, 3.8) is 0 Å². The number of fused-ring (bicyclic) bond motifs is 15. The molecular formula is C128H136N4O6S8. The molecule has 6 aromatic carbocycles. The molecule has 10 heterocycles. The molecule has 14 aromatic rings.